The third kappa shape index (κ3) is 11.4. The number of aromatic nitrogens is 3. The Labute approximate surface area is 613 Å². The molecule has 0 atom stereocenters. The molecule has 518 valence electrons. The van der Waals surface area contributed by atoms with E-state index in [0.29, 0.717) is 17.5 Å². The SMILES string of the molecule is CC(C)(C)c1cc(-c2nc(-c3cc(C(C)(C)C)cc(C(C)(C)C)c3)nc(-c3cc4c5c(c3)N(c3cc(C(C)(C)C)cc(C(C)(C)C)c3)c3c(cc6ccc7cccc8ccc3c6c78)B5c3cc5ccc6cccc7ccc(c3N4c3cc(C(C)(C)C)cc(C(C)(C)C)c3)c5c67)n2)cc(C(C)(C)C)c1. The summed E-state index contributed by atoms with van der Waals surface area (Å²) in [6.45, 7) is 56.1. The molecule has 0 aliphatic carbocycles. The van der Waals surface area contributed by atoms with Crippen molar-refractivity contribution in [3.63, 3.8) is 0 Å². The van der Waals surface area contributed by atoms with Crippen molar-refractivity contribution in [2.24, 2.45) is 0 Å². The summed E-state index contributed by atoms with van der Waals surface area (Å²) in [4.78, 5) is 23.1. The monoisotopic (exact) mass is 1350 g/mol. The summed E-state index contributed by atoms with van der Waals surface area (Å²) in [5, 5.41) is 15.1. The molecule has 0 radical (unpaired) electrons. The van der Waals surface area contributed by atoms with Crippen molar-refractivity contribution in [2.45, 2.75) is 209 Å². The summed E-state index contributed by atoms with van der Waals surface area (Å²) < 4.78 is 0. The van der Waals surface area contributed by atoms with Gasteiger partial charge >= 0.3 is 0 Å². The van der Waals surface area contributed by atoms with Crippen LogP contribution in [0.1, 0.15) is 211 Å². The predicted octanol–water partition coefficient (Wildman–Crippen LogP) is 25.1. The van der Waals surface area contributed by atoms with Crippen LogP contribution in [0.5, 0.6) is 0 Å². The summed E-state index contributed by atoms with van der Waals surface area (Å²) in [5.41, 5.74) is 22.3. The molecule has 1 aromatic heterocycles. The normalized spacial score (nSPS) is 14.2. The zero-order chi connectivity index (χ0) is 73.3. The fourth-order valence-corrected chi connectivity index (χ4v) is 16.5. The predicted molar refractivity (Wildman–Crippen MR) is 447 cm³/mol. The molecular formula is C97H102BN5. The van der Waals surface area contributed by atoms with Crippen LogP contribution in [0.2, 0.25) is 0 Å². The third-order valence-corrected chi connectivity index (χ3v) is 22.8. The van der Waals surface area contributed by atoms with Crippen molar-refractivity contribution in [3.05, 3.63) is 226 Å². The maximum Gasteiger partial charge on any atom is 0.252 e. The second kappa shape index (κ2) is 22.6. The number of fused-ring (bicyclic) bond motifs is 6. The number of hydrogen-bond donors (Lipinski definition) is 0. The molecule has 13 aromatic carbocycles. The molecule has 2 aliphatic rings. The highest BCUT2D eigenvalue weighted by atomic mass is 15.2. The molecule has 6 heteroatoms. The fraction of sp³-hybridized carbons (Fsp3) is 0.330. The third-order valence-electron chi connectivity index (χ3n) is 22.8. The lowest BCUT2D eigenvalue weighted by atomic mass is 9.33. The van der Waals surface area contributed by atoms with E-state index in [9.17, 15) is 0 Å². The Balaban J connectivity index is 1.13. The molecule has 103 heavy (non-hydrogen) atoms. The molecule has 0 saturated carbocycles. The van der Waals surface area contributed by atoms with E-state index < -0.39 is 0 Å². The van der Waals surface area contributed by atoms with Gasteiger partial charge in [-0.05, 0) is 219 Å². The van der Waals surface area contributed by atoms with Crippen LogP contribution in [0, 0.1) is 0 Å². The molecule has 0 saturated heterocycles. The molecule has 0 amide bonds. The Morgan fingerprint density at radius 1 is 0.252 bits per heavy atom. The molecule has 3 heterocycles. The van der Waals surface area contributed by atoms with Gasteiger partial charge < -0.3 is 9.80 Å². The quantitative estimate of drug-likeness (QED) is 0.127. The first kappa shape index (κ1) is 68.1. The van der Waals surface area contributed by atoms with Gasteiger partial charge in [-0.15, -0.1) is 0 Å². The van der Waals surface area contributed by atoms with Crippen LogP contribution in [0.25, 0.3) is 98.8 Å². The lowest BCUT2D eigenvalue weighted by Crippen LogP contribution is -2.61. The van der Waals surface area contributed by atoms with E-state index in [2.05, 4.69) is 358 Å². The van der Waals surface area contributed by atoms with E-state index in [1.165, 1.54) is 137 Å². The maximum absolute atomic E-state index is 5.97. The van der Waals surface area contributed by atoms with Crippen LogP contribution in [-0.2, 0) is 43.3 Å². The van der Waals surface area contributed by atoms with Crippen LogP contribution < -0.4 is 26.2 Å². The minimum absolute atomic E-state index is 0.162. The summed E-state index contributed by atoms with van der Waals surface area (Å²) in [5.74, 6) is 1.92. The first-order valence-electron chi connectivity index (χ1n) is 37.7. The second-order valence-electron chi connectivity index (χ2n) is 38.8. The van der Waals surface area contributed by atoms with Gasteiger partial charge in [0.05, 0.1) is 0 Å². The van der Waals surface area contributed by atoms with Crippen LogP contribution >= 0.6 is 0 Å². The number of rotatable bonds is 5. The highest BCUT2D eigenvalue weighted by molar-refractivity contribution is 7.01. The minimum Gasteiger partial charge on any atom is -0.311 e. The Kier molecular flexibility index (Phi) is 14.9. The van der Waals surface area contributed by atoms with Gasteiger partial charge in [-0.3, -0.25) is 0 Å². The lowest BCUT2D eigenvalue weighted by Gasteiger charge is -2.46. The molecule has 2 aliphatic heterocycles. The van der Waals surface area contributed by atoms with Crippen molar-refractivity contribution < 1.29 is 0 Å². The van der Waals surface area contributed by atoms with E-state index in [1.807, 2.05) is 0 Å². The first-order valence-corrected chi connectivity index (χ1v) is 37.7. The Morgan fingerprint density at radius 3 is 0.786 bits per heavy atom. The molecule has 0 spiro atoms. The van der Waals surface area contributed by atoms with E-state index in [4.69, 9.17) is 15.0 Å². The number of anilines is 6. The van der Waals surface area contributed by atoms with Crippen molar-refractivity contribution >= 4 is 122 Å². The summed E-state index contributed by atoms with van der Waals surface area (Å²) in [6, 6.07) is 72.2. The van der Waals surface area contributed by atoms with E-state index in [1.54, 1.807) is 0 Å². The van der Waals surface area contributed by atoms with Crippen LogP contribution in [0.4, 0.5) is 34.1 Å². The topological polar surface area (TPSA) is 45.2 Å². The Morgan fingerprint density at radius 2 is 0.505 bits per heavy atom. The van der Waals surface area contributed by atoms with Gasteiger partial charge in [-0.25, -0.2) is 15.0 Å². The van der Waals surface area contributed by atoms with Gasteiger partial charge in [0.15, 0.2) is 17.5 Å². The van der Waals surface area contributed by atoms with Crippen molar-refractivity contribution in [1.82, 2.24) is 15.0 Å². The second-order valence-corrected chi connectivity index (χ2v) is 38.8. The molecule has 0 unspecified atom stereocenters. The average molecular weight is 1350 g/mol. The number of hydrogen-bond acceptors (Lipinski definition) is 5. The summed E-state index contributed by atoms with van der Waals surface area (Å²) in [7, 11) is 0. The van der Waals surface area contributed by atoms with Crippen molar-refractivity contribution in [2.75, 3.05) is 9.80 Å². The standard InChI is InChI=1S/C97H102BN5/c1-90(2,3)64-39-61(40-65(47-64)91(4,5)6)87-99-88(62-41-66(92(7,8)9)48-67(42-62)93(10,11)12)101-89(100-87)63-45-78-84-79(46-63)103(73-53-70(96(19,20)21)50-71(54-73)97(22,23)24)86-75-38-36-58-30-26-28-56-32-34-60(83(75)81(56)58)44-77(86)98(84)76-43-59-33-31-55-27-25-29-57-35-37-74(82(59)80(55)57)85(76)102(78)72-51-68(94(13,14)15)49-69(52-72)95(16,17)18/h25-54H,1-24H3. The van der Waals surface area contributed by atoms with Crippen LogP contribution in [0.3, 0.4) is 0 Å². The number of benzene rings is 13. The van der Waals surface area contributed by atoms with Gasteiger partial charge in [0.1, 0.15) is 0 Å². The molecule has 14 aromatic rings. The van der Waals surface area contributed by atoms with Gasteiger partial charge in [0, 0.05) is 61.6 Å². The van der Waals surface area contributed by atoms with Gasteiger partial charge in [-0.2, -0.15) is 0 Å². The first-order chi connectivity index (χ1) is 48.1. The molecule has 0 N–H and O–H groups in total. The Hall–Kier alpha value is -9.39. The highest BCUT2D eigenvalue weighted by Crippen LogP contribution is 2.54. The summed E-state index contributed by atoms with van der Waals surface area (Å²) >= 11 is 0. The summed E-state index contributed by atoms with van der Waals surface area (Å²) in [6.07, 6.45) is 0. The molecule has 0 bridgehead atoms. The molecule has 16 rings (SSSR count). The lowest BCUT2D eigenvalue weighted by molar-refractivity contribution is 0.568. The maximum atomic E-state index is 5.97. The fourth-order valence-electron chi connectivity index (χ4n) is 16.5. The minimum atomic E-state index is -0.238. The zero-order valence-corrected chi connectivity index (χ0v) is 65.6. The van der Waals surface area contributed by atoms with Crippen molar-refractivity contribution in [1.29, 1.82) is 0 Å². The van der Waals surface area contributed by atoms with Gasteiger partial charge in [0.25, 0.3) is 6.71 Å². The average Bonchev–Trinajstić information content (AvgIpc) is 0.668. The van der Waals surface area contributed by atoms with Crippen LogP contribution in [-0.4, -0.2) is 21.7 Å². The van der Waals surface area contributed by atoms with E-state index in [0.717, 1.165) is 39.4 Å². The highest BCUT2D eigenvalue weighted by Gasteiger charge is 2.47. The van der Waals surface area contributed by atoms with E-state index in [-0.39, 0.29) is 50.0 Å². The molecule has 5 nitrogen and oxygen atoms in total. The molecule has 0 fully saturated rings. The van der Waals surface area contributed by atoms with Crippen LogP contribution in [0.15, 0.2) is 182 Å². The number of nitrogens with zero attached hydrogens (tertiary/aromatic N) is 5. The van der Waals surface area contributed by atoms with Crippen molar-refractivity contribution in [3.8, 4) is 34.2 Å². The Bertz CT molecular complexity index is 5340. The van der Waals surface area contributed by atoms with Gasteiger partial charge in [0.2, 0.25) is 0 Å². The van der Waals surface area contributed by atoms with E-state index >= 15 is 0 Å². The molecular weight excluding hydrogens is 1250 g/mol. The van der Waals surface area contributed by atoms with Gasteiger partial charge in [-0.1, -0.05) is 287 Å². The largest absolute Gasteiger partial charge is 0.311 e. The zero-order valence-electron chi connectivity index (χ0n) is 65.6. The smallest absolute Gasteiger partial charge is 0.252 e.